The minimum Gasteiger partial charge on any atom is -0.350 e. The number of rotatable bonds is 7. The second kappa shape index (κ2) is 9.60. The Morgan fingerprint density at radius 1 is 1.08 bits per heavy atom. The van der Waals surface area contributed by atoms with Gasteiger partial charge in [0.1, 0.15) is 0 Å². The van der Waals surface area contributed by atoms with Crippen molar-refractivity contribution in [1.82, 2.24) is 5.32 Å². The third kappa shape index (κ3) is 5.75. The number of para-hydroxylation sites is 1. The molecule has 6 heteroatoms. The highest BCUT2D eigenvalue weighted by Gasteiger charge is 2.14. The van der Waals surface area contributed by atoms with Gasteiger partial charge < -0.3 is 10.6 Å². The van der Waals surface area contributed by atoms with Crippen molar-refractivity contribution in [2.45, 2.75) is 39.2 Å². The van der Waals surface area contributed by atoms with Crippen LogP contribution in [0.1, 0.15) is 42.6 Å². The van der Waals surface area contributed by atoms with E-state index in [1.165, 1.54) is 0 Å². The number of benzene rings is 2. The average Bonchev–Trinajstić information content (AvgIpc) is 2.63. The second-order valence-corrected chi connectivity index (χ2v) is 6.94. The number of amides is 2. The Hall–Kier alpha value is -2.04. The van der Waals surface area contributed by atoms with E-state index < -0.39 is 0 Å². The zero-order valence-corrected chi connectivity index (χ0v) is 16.3. The number of hydrogen-bond acceptors (Lipinski definition) is 2. The highest BCUT2D eigenvalue weighted by molar-refractivity contribution is 6.42. The first kappa shape index (κ1) is 20.3. The molecule has 2 aromatic carbocycles. The van der Waals surface area contributed by atoms with E-state index in [2.05, 4.69) is 10.6 Å². The van der Waals surface area contributed by atoms with Gasteiger partial charge in [-0.1, -0.05) is 48.3 Å². The second-order valence-electron chi connectivity index (χ2n) is 6.12. The van der Waals surface area contributed by atoms with E-state index in [4.69, 9.17) is 23.2 Å². The summed E-state index contributed by atoms with van der Waals surface area (Å²) in [5.41, 5.74) is 1.89. The SMILES string of the molecule is CC[C@@H](C)NC(=O)c1ccccc1NC(=O)CCc1ccc(Cl)c(Cl)c1. The summed E-state index contributed by atoms with van der Waals surface area (Å²) in [5.74, 6) is -0.361. The van der Waals surface area contributed by atoms with Crippen LogP contribution in [0.25, 0.3) is 0 Å². The van der Waals surface area contributed by atoms with Gasteiger partial charge in [0.2, 0.25) is 5.91 Å². The molecule has 0 unspecified atom stereocenters. The fraction of sp³-hybridized carbons (Fsp3) is 0.300. The third-order valence-corrected chi connectivity index (χ3v) is 4.80. The van der Waals surface area contributed by atoms with Crippen LogP contribution >= 0.6 is 23.2 Å². The van der Waals surface area contributed by atoms with Crippen LogP contribution in [0.3, 0.4) is 0 Å². The predicted octanol–water partition coefficient (Wildman–Crippen LogP) is 5.09. The Labute approximate surface area is 163 Å². The zero-order chi connectivity index (χ0) is 19.1. The molecule has 1 atom stereocenters. The summed E-state index contributed by atoms with van der Waals surface area (Å²) in [6.07, 6.45) is 1.65. The molecule has 0 aromatic heterocycles. The molecular formula is C20H22Cl2N2O2. The molecule has 0 fully saturated rings. The molecule has 0 heterocycles. The van der Waals surface area contributed by atoms with Crippen molar-refractivity contribution in [2.24, 2.45) is 0 Å². The number of carbonyl (C=O) groups is 2. The van der Waals surface area contributed by atoms with Crippen molar-refractivity contribution in [1.29, 1.82) is 0 Å². The highest BCUT2D eigenvalue weighted by Crippen LogP contribution is 2.23. The molecular weight excluding hydrogens is 371 g/mol. The summed E-state index contributed by atoms with van der Waals surface area (Å²) in [6, 6.07) is 12.4. The quantitative estimate of drug-likeness (QED) is 0.688. The molecule has 0 saturated carbocycles. The maximum Gasteiger partial charge on any atom is 0.253 e. The van der Waals surface area contributed by atoms with Gasteiger partial charge in [0.05, 0.1) is 21.3 Å². The van der Waals surface area contributed by atoms with Gasteiger partial charge in [-0.25, -0.2) is 0 Å². The van der Waals surface area contributed by atoms with Crippen molar-refractivity contribution < 1.29 is 9.59 Å². The first-order valence-corrected chi connectivity index (χ1v) is 9.30. The third-order valence-electron chi connectivity index (χ3n) is 4.06. The van der Waals surface area contributed by atoms with Crippen molar-refractivity contribution in [3.63, 3.8) is 0 Å². The van der Waals surface area contributed by atoms with E-state index in [0.717, 1.165) is 12.0 Å². The predicted molar refractivity (Wildman–Crippen MR) is 107 cm³/mol. The molecule has 0 aliphatic rings. The van der Waals surface area contributed by atoms with Gasteiger partial charge in [-0.3, -0.25) is 9.59 Å². The molecule has 0 aliphatic carbocycles. The summed E-state index contributed by atoms with van der Waals surface area (Å²) in [4.78, 5) is 24.7. The maximum absolute atomic E-state index is 12.4. The molecule has 0 radical (unpaired) electrons. The van der Waals surface area contributed by atoms with Crippen LogP contribution in [0.5, 0.6) is 0 Å². The van der Waals surface area contributed by atoms with E-state index in [0.29, 0.717) is 27.7 Å². The monoisotopic (exact) mass is 392 g/mol. The Morgan fingerprint density at radius 3 is 2.50 bits per heavy atom. The van der Waals surface area contributed by atoms with Gasteiger partial charge in [-0.2, -0.15) is 0 Å². The van der Waals surface area contributed by atoms with Gasteiger partial charge in [0.25, 0.3) is 5.91 Å². The van der Waals surface area contributed by atoms with Crippen LogP contribution in [-0.4, -0.2) is 17.9 Å². The molecule has 26 heavy (non-hydrogen) atoms. The molecule has 0 aliphatic heterocycles. The molecule has 0 saturated heterocycles. The van der Waals surface area contributed by atoms with Crippen molar-refractivity contribution in [3.8, 4) is 0 Å². The lowest BCUT2D eigenvalue weighted by Crippen LogP contribution is -2.32. The fourth-order valence-electron chi connectivity index (χ4n) is 2.36. The van der Waals surface area contributed by atoms with Gasteiger partial charge in [0, 0.05) is 12.5 Å². The smallest absolute Gasteiger partial charge is 0.253 e. The summed E-state index contributed by atoms with van der Waals surface area (Å²) < 4.78 is 0. The Balaban J connectivity index is 2.00. The maximum atomic E-state index is 12.4. The van der Waals surface area contributed by atoms with Crippen LogP contribution in [0.2, 0.25) is 10.0 Å². The van der Waals surface area contributed by atoms with Crippen molar-refractivity contribution >= 4 is 40.7 Å². The first-order valence-electron chi connectivity index (χ1n) is 8.54. The fourth-order valence-corrected chi connectivity index (χ4v) is 2.68. The lowest BCUT2D eigenvalue weighted by Gasteiger charge is -2.14. The summed E-state index contributed by atoms with van der Waals surface area (Å²) in [6.45, 7) is 3.94. The molecule has 138 valence electrons. The normalized spacial score (nSPS) is 11.7. The Morgan fingerprint density at radius 2 is 1.81 bits per heavy atom. The lowest BCUT2D eigenvalue weighted by molar-refractivity contribution is -0.116. The molecule has 0 spiro atoms. The standard InChI is InChI=1S/C20H22Cl2N2O2/c1-3-13(2)23-20(26)15-6-4-5-7-18(15)24-19(25)11-9-14-8-10-16(21)17(22)12-14/h4-8,10,12-13H,3,9,11H2,1-2H3,(H,23,26)(H,24,25)/t13-/m1/s1. The van der Waals surface area contributed by atoms with Gasteiger partial charge in [0.15, 0.2) is 0 Å². The van der Waals surface area contributed by atoms with E-state index in [9.17, 15) is 9.59 Å². The molecule has 2 rings (SSSR count). The summed E-state index contributed by atoms with van der Waals surface area (Å²) in [7, 11) is 0. The molecule has 0 bridgehead atoms. The topological polar surface area (TPSA) is 58.2 Å². The van der Waals surface area contributed by atoms with Gasteiger partial charge in [-0.05, 0) is 49.6 Å². The number of carbonyl (C=O) groups excluding carboxylic acids is 2. The largest absolute Gasteiger partial charge is 0.350 e. The molecule has 4 nitrogen and oxygen atoms in total. The summed E-state index contributed by atoms with van der Waals surface area (Å²) >= 11 is 11.9. The van der Waals surface area contributed by atoms with Crippen molar-refractivity contribution in [2.75, 3.05) is 5.32 Å². The van der Waals surface area contributed by atoms with Gasteiger partial charge >= 0.3 is 0 Å². The number of halogens is 2. The average molecular weight is 393 g/mol. The van der Waals surface area contributed by atoms with Crippen LogP contribution in [0.15, 0.2) is 42.5 Å². The minimum atomic E-state index is -0.195. The number of anilines is 1. The van der Waals surface area contributed by atoms with Crippen LogP contribution in [0.4, 0.5) is 5.69 Å². The van der Waals surface area contributed by atoms with E-state index in [-0.39, 0.29) is 24.3 Å². The molecule has 2 N–H and O–H groups in total. The first-order chi connectivity index (χ1) is 12.4. The lowest BCUT2D eigenvalue weighted by atomic mass is 10.1. The Bertz CT molecular complexity index is 793. The number of nitrogens with one attached hydrogen (secondary N) is 2. The van der Waals surface area contributed by atoms with Crippen LogP contribution in [-0.2, 0) is 11.2 Å². The minimum absolute atomic E-state index is 0.0703. The van der Waals surface area contributed by atoms with Gasteiger partial charge in [-0.15, -0.1) is 0 Å². The highest BCUT2D eigenvalue weighted by atomic mass is 35.5. The van der Waals surface area contributed by atoms with Crippen LogP contribution < -0.4 is 10.6 Å². The van der Waals surface area contributed by atoms with E-state index >= 15 is 0 Å². The molecule has 2 amide bonds. The Kier molecular flexibility index (Phi) is 7.49. The zero-order valence-electron chi connectivity index (χ0n) is 14.8. The number of aryl methyl sites for hydroxylation is 1. The molecule has 2 aromatic rings. The van der Waals surface area contributed by atoms with E-state index in [1.54, 1.807) is 36.4 Å². The number of hydrogen-bond donors (Lipinski definition) is 2. The van der Waals surface area contributed by atoms with Crippen molar-refractivity contribution in [3.05, 3.63) is 63.6 Å². The van der Waals surface area contributed by atoms with E-state index in [1.807, 2.05) is 19.9 Å². The summed E-state index contributed by atoms with van der Waals surface area (Å²) in [5, 5.41) is 6.69. The van der Waals surface area contributed by atoms with Crippen LogP contribution in [0, 0.1) is 0 Å².